The molecule has 3 N–H and O–H groups in total. The summed E-state index contributed by atoms with van der Waals surface area (Å²) < 4.78 is 0. The highest BCUT2D eigenvalue weighted by atomic mass is 16.2. The third-order valence-electron chi connectivity index (χ3n) is 3.09. The van der Waals surface area contributed by atoms with Crippen LogP contribution in [0.2, 0.25) is 0 Å². The zero-order valence-electron chi connectivity index (χ0n) is 10.4. The Morgan fingerprint density at radius 3 is 2.75 bits per heavy atom. The van der Waals surface area contributed by atoms with Gasteiger partial charge in [0.2, 0.25) is 5.91 Å². The van der Waals surface area contributed by atoms with Gasteiger partial charge in [-0.3, -0.25) is 4.79 Å². The Hall–Kier alpha value is -0.610. The van der Waals surface area contributed by atoms with Crippen molar-refractivity contribution in [3.8, 4) is 0 Å². The van der Waals surface area contributed by atoms with Crippen molar-refractivity contribution < 1.29 is 4.79 Å². The van der Waals surface area contributed by atoms with E-state index in [2.05, 4.69) is 10.2 Å². The first kappa shape index (κ1) is 13.5. The van der Waals surface area contributed by atoms with Gasteiger partial charge in [-0.2, -0.15) is 0 Å². The van der Waals surface area contributed by atoms with Gasteiger partial charge in [-0.05, 0) is 45.3 Å². The first-order chi connectivity index (χ1) is 7.74. The van der Waals surface area contributed by atoms with Gasteiger partial charge in [0.15, 0.2) is 0 Å². The maximum absolute atomic E-state index is 11.5. The molecule has 1 atom stereocenters. The summed E-state index contributed by atoms with van der Waals surface area (Å²) >= 11 is 0. The number of carbonyl (C=O) groups excluding carboxylic acids is 1. The van der Waals surface area contributed by atoms with E-state index in [1.54, 1.807) is 0 Å². The highest BCUT2D eigenvalue weighted by Gasteiger charge is 2.12. The Morgan fingerprint density at radius 1 is 1.44 bits per heavy atom. The van der Waals surface area contributed by atoms with Crippen molar-refractivity contribution in [3.63, 3.8) is 0 Å². The molecule has 4 heteroatoms. The minimum Gasteiger partial charge on any atom is -0.355 e. The lowest BCUT2D eigenvalue weighted by Crippen LogP contribution is -2.41. The lowest BCUT2D eigenvalue weighted by atomic mass is 10.1. The fourth-order valence-electron chi connectivity index (χ4n) is 2.09. The largest absolute Gasteiger partial charge is 0.355 e. The zero-order valence-corrected chi connectivity index (χ0v) is 10.4. The number of amides is 1. The topological polar surface area (TPSA) is 58.4 Å². The van der Waals surface area contributed by atoms with E-state index in [-0.39, 0.29) is 11.9 Å². The van der Waals surface area contributed by atoms with Gasteiger partial charge in [0, 0.05) is 6.54 Å². The number of nitrogens with zero attached hydrogens (tertiary/aromatic N) is 1. The third kappa shape index (κ3) is 4.94. The van der Waals surface area contributed by atoms with Gasteiger partial charge < -0.3 is 16.0 Å². The Labute approximate surface area is 98.6 Å². The molecule has 0 aromatic heterocycles. The maximum Gasteiger partial charge on any atom is 0.236 e. The molecular weight excluding hydrogens is 202 g/mol. The quantitative estimate of drug-likeness (QED) is 0.630. The van der Waals surface area contributed by atoms with E-state index in [1.807, 2.05) is 6.92 Å². The van der Waals surface area contributed by atoms with Gasteiger partial charge in [0.25, 0.3) is 0 Å². The van der Waals surface area contributed by atoms with Crippen LogP contribution in [-0.2, 0) is 4.79 Å². The molecule has 0 bridgehead atoms. The predicted octanol–water partition coefficient (Wildman–Crippen LogP) is 0.716. The van der Waals surface area contributed by atoms with Crippen LogP contribution in [0.25, 0.3) is 0 Å². The van der Waals surface area contributed by atoms with Crippen molar-refractivity contribution in [2.75, 3.05) is 26.2 Å². The molecule has 0 aliphatic carbocycles. The monoisotopic (exact) mass is 227 g/mol. The van der Waals surface area contributed by atoms with Crippen molar-refractivity contribution in [1.82, 2.24) is 10.2 Å². The van der Waals surface area contributed by atoms with Gasteiger partial charge >= 0.3 is 0 Å². The Balaban J connectivity index is 1.99. The van der Waals surface area contributed by atoms with Crippen molar-refractivity contribution in [3.05, 3.63) is 0 Å². The molecule has 4 nitrogen and oxygen atoms in total. The second-order valence-corrected chi connectivity index (χ2v) is 4.59. The zero-order chi connectivity index (χ0) is 11.8. The van der Waals surface area contributed by atoms with Crippen molar-refractivity contribution in [1.29, 1.82) is 0 Å². The Bertz CT molecular complexity index is 202. The molecule has 1 amide bonds. The van der Waals surface area contributed by atoms with E-state index in [1.165, 1.54) is 25.9 Å². The SMILES string of the molecule is CCCC(N)C(=O)NCCCN1CCCC1. The maximum atomic E-state index is 11.5. The molecule has 1 saturated heterocycles. The summed E-state index contributed by atoms with van der Waals surface area (Å²) in [5.41, 5.74) is 5.71. The second-order valence-electron chi connectivity index (χ2n) is 4.59. The van der Waals surface area contributed by atoms with E-state index in [9.17, 15) is 4.79 Å². The summed E-state index contributed by atoms with van der Waals surface area (Å²) in [5.74, 6) is 0.00303. The van der Waals surface area contributed by atoms with Crippen LogP contribution in [0.5, 0.6) is 0 Å². The van der Waals surface area contributed by atoms with Crippen LogP contribution in [0.1, 0.15) is 39.0 Å². The summed E-state index contributed by atoms with van der Waals surface area (Å²) in [6, 6.07) is -0.322. The van der Waals surface area contributed by atoms with Gasteiger partial charge in [-0.25, -0.2) is 0 Å². The normalized spacial score (nSPS) is 18.6. The standard InChI is InChI=1S/C12H25N3O/c1-2-6-11(13)12(16)14-7-5-10-15-8-3-4-9-15/h11H,2-10,13H2,1H3,(H,14,16). The first-order valence-electron chi connectivity index (χ1n) is 6.49. The number of rotatable bonds is 7. The van der Waals surface area contributed by atoms with Crippen molar-refractivity contribution in [2.24, 2.45) is 5.73 Å². The lowest BCUT2D eigenvalue weighted by Gasteiger charge is -2.15. The fourth-order valence-corrected chi connectivity index (χ4v) is 2.09. The van der Waals surface area contributed by atoms with Gasteiger partial charge in [0.05, 0.1) is 6.04 Å². The van der Waals surface area contributed by atoms with E-state index in [0.29, 0.717) is 0 Å². The molecule has 1 aliphatic rings. The first-order valence-corrected chi connectivity index (χ1v) is 6.49. The highest BCUT2D eigenvalue weighted by Crippen LogP contribution is 2.06. The minimum atomic E-state index is -0.322. The smallest absolute Gasteiger partial charge is 0.236 e. The van der Waals surface area contributed by atoms with Crippen molar-refractivity contribution >= 4 is 5.91 Å². The number of hydrogen-bond donors (Lipinski definition) is 2. The molecule has 94 valence electrons. The van der Waals surface area contributed by atoms with Gasteiger partial charge in [-0.1, -0.05) is 13.3 Å². The van der Waals surface area contributed by atoms with E-state index in [0.717, 1.165) is 32.4 Å². The van der Waals surface area contributed by atoms with Crippen LogP contribution in [0.4, 0.5) is 0 Å². The van der Waals surface area contributed by atoms with Crippen LogP contribution in [0, 0.1) is 0 Å². The summed E-state index contributed by atoms with van der Waals surface area (Å²) in [5, 5.41) is 2.90. The minimum absolute atomic E-state index is 0.00303. The third-order valence-corrected chi connectivity index (χ3v) is 3.09. The second kappa shape index (κ2) is 7.63. The Kier molecular flexibility index (Phi) is 6.42. The molecule has 0 spiro atoms. The lowest BCUT2D eigenvalue weighted by molar-refractivity contribution is -0.122. The summed E-state index contributed by atoms with van der Waals surface area (Å²) in [6.45, 7) is 6.35. The number of hydrogen-bond acceptors (Lipinski definition) is 3. The molecule has 1 heterocycles. The Morgan fingerprint density at radius 2 is 2.12 bits per heavy atom. The van der Waals surface area contributed by atoms with E-state index in [4.69, 9.17) is 5.73 Å². The van der Waals surface area contributed by atoms with Crippen molar-refractivity contribution in [2.45, 2.75) is 45.1 Å². The fraction of sp³-hybridized carbons (Fsp3) is 0.917. The van der Waals surface area contributed by atoms with Gasteiger partial charge in [-0.15, -0.1) is 0 Å². The van der Waals surface area contributed by atoms with E-state index < -0.39 is 0 Å². The van der Waals surface area contributed by atoms with Crippen LogP contribution < -0.4 is 11.1 Å². The molecule has 1 aliphatic heterocycles. The summed E-state index contributed by atoms with van der Waals surface area (Å²) in [7, 11) is 0. The van der Waals surface area contributed by atoms with Crippen LogP contribution in [0.15, 0.2) is 0 Å². The summed E-state index contributed by atoms with van der Waals surface area (Å²) in [6.07, 6.45) is 5.42. The molecule has 0 saturated carbocycles. The molecule has 1 fully saturated rings. The average molecular weight is 227 g/mol. The molecule has 1 rings (SSSR count). The number of carbonyl (C=O) groups is 1. The molecule has 16 heavy (non-hydrogen) atoms. The average Bonchev–Trinajstić information content (AvgIpc) is 2.77. The molecule has 0 aromatic rings. The molecule has 0 radical (unpaired) electrons. The molecule has 0 aromatic carbocycles. The van der Waals surface area contributed by atoms with E-state index >= 15 is 0 Å². The van der Waals surface area contributed by atoms with Crippen LogP contribution >= 0.6 is 0 Å². The molecular formula is C12H25N3O. The highest BCUT2D eigenvalue weighted by molar-refractivity contribution is 5.81. The number of nitrogens with one attached hydrogen (secondary N) is 1. The number of nitrogens with two attached hydrogens (primary N) is 1. The van der Waals surface area contributed by atoms with Gasteiger partial charge in [0.1, 0.15) is 0 Å². The predicted molar refractivity (Wildman–Crippen MR) is 66.2 cm³/mol. The van der Waals surface area contributed by atoms with Crippen LogP contribution in [-0.4, -0.2) is 43.0 Å². The van der Waals surface area contributed by atoms with Crippen LogP contribution in [0.3, 0.4) is 0 Å². The molecule has 1 unspecified atom stereocenters. The summed E-state index contributed by atoms with van der Waals surface area (Å²) in [4.78, 5) is 13.9. The number of likely N-dealkylation sites (tertiary alicyclic amines) is 1.